The van der Waals surface area contributed by atoms with Crippen LogP contribution in [0.15, 0.2) is 0 Å². The predicted octanol–water partition coefficient (Wildman–Crippen LogP) is -0.546. The highest BCUT2D eigenvalue weighted by Gasteiger charge is 2.26. The number of carbonyl (C=O) groups excluding carboxylic acids is 1. The molecule has 0 radical (unpaired) electrons. The normalized spacial score (nSPS) is 16.2. The predicted molar refractivity (Wildman–Crippen MR) is 58.7 cm³/mol. The van der Waals surface area contributed by atoms with Crippen LogP contribution in [0.3, 0.4) is 0 Å². The zero-order valence-corrected chi connectivity index (χ0v) is 9.64. The Hall–Kier alpha value is -1.14. The summed E-state index contributed by atoms with van der Waals surface area (Å²) in [5.74, 6) is -1.81. The summed E-state index contributed by atoms with van der Waals surface area (Å²) >= 11 is 0. The van der Waals surface area contributed by atoms with Crippen molar-refractivity contribution in [3.05, 3.63) is 0 Å². The number of carboxylic acids is 1. The summed E-state index contributed by atoms with van der Waals surface area (Å²) in [6.07, 6.45) is 1.08. The van der Waals surface area contributed by atoms with Crippen LogP contribution in [0.1, 0.15) is 33.1 Å². The number of amides is 1. The second kappa shape index (κ2) is 7.19. The number of aliphatic hydroxyl groups excluding tert-OH is 1. The lowest BCUT2D eigenvalue weighted by Crippen LogP contribution is -2.52. The molecule has 16 heavy (non-hydrogen) atoms. The maximum Gasteiger partial charge on any atom is 0.328 e. The Morgan fingerprint density at radius 3 is 2.38 bits per heavy atom. The molecule has 0 aromatic carbocycles. The van der Waals surface area contributed by atoms with E-state index in [1.54, 1.807) is 0 Å². The van der Waals surface area contributed by atoms with E-state index in [1.807, 2.05) is 6.92 Å². The summed E-state index contributed by atoms with van der Waals surface area (Å²) in [6.45, 7) is 3.27. The maximum atomic E-state index is 11.5. The van der Waals surface area contributed by atoms with Gasteiger partial charge in [-0.1, -0.05) is 19.8 Å². The van der Waals surface area contributed by atoms with Gasteiger partial charge in [0, 0.05) is 0 Å². The molecule has 1 amide bonds. The van der Waals surface area contributed by atoms with Crippen LogP contribution in [0, 0.1) is 0 Å². The zero-order chi connectivity index (χ0) is 12.7. The van der Waals surface area contributed by atoms with Crippen molar-refractivity contribution in [2.24, 2.45) is 5.73 Å². The van der Waals surface area contributed by atoms with E-state index in [-0.39, 0.29) is 0 Å². The lowest BCUT2D eigenvalue weighted by atomic mass is 10.1. The van der Waals surface area contributed by atoms with E-state index in [0.29, 0.717) is 6.42 Å². The Morgan fingerprint density at radius 2 is 2.00 bits per heavy atom. The van der Waals surface area contributed by atoms with Gasteiger partial charge in [0.05, 0.1) is 12.1 Å². The van der Waals surface area contributed by atoms with Crippen LogP contribution < -0.4 is 11.1 Å². The Kier molecular flexibility index (Phi) is 6.67. The van der Waals surface area contributed by atoms with E-state index >= 15 is 0 Å². The first-order chi connectivity index (χ1) is 7.40. The molecule has 0 saturated heterocycles. The van der Waals surface area contributed by atoms with Crippen molar-refractivity contribution < 1.29 is 19.8 Å². The van der Waals surface area contributed by atoms with Crippen LogP contribution in [0.5, 0.6) is 0 Å². The number of aliphatic hydroxyl groups is 1. The minimum atomic E-state index is -1.31. The number of aliphatic carboxylic acids is 1. The van der Waals surface area contributed by atoms with Crippen molar-refractivity contribution >= 4 is 11.9 Å². The van der Waals surface area contributed by atoms with Crippen LogP contribution >= 0.6 is 0 Å². The lowest BCUT2D eigenvalue weighted by molar-refractivity contribution is -0.145. The number of hydrogen-bond donors (Lipinski definition) is 4. The van der Waals surface area contributed by atoms with Crippen LogP contribution in [0.25, 0.3) is 0 Å². The molecule has 5 N–H and O–H groups in total. The molecule has 0 aromatic rings. The number of rotatable bonds is 7. The molecule has 0 aliphatic rings. The number of carboxylic acid groups (broad SMARTS) is 1. The smallest absolute Gasteiger partial charge is 0.328 e. The van der Waals surface area contributed by atoms with Crippen LogP contribution in [-0.2, 0) is 9.59 Å². The second-order valence-electron chi connectivity index (χ2n) is 3.81. The van der Waals surface area contributed by atoms with Crippen molar-refractivity contribution in [3.8, 4) is 0 Å². The van der Waals surface area contributed by atoms with Gasteiger partial charge in [-0.25, -0.2) is 4.79 Å². The van der Waals surface area contributed by atoms with Gasteiger partial charge in [0.15, 0.2) is 6.04 Å². The fourth-order valence-electron chi connectivity index (χ4n) is 1.20. The summed E-state index contributed by atoms with van der Waals surface area (Å²) in [4.78, 5) is 22.2. The first kappa shape index (κ1) is 14.9. The fourth-order valence-corrected chi connectivity index (χ4v) is 1.20. The van der Waals surface area contributed by atoms with E-state index in [9.17, 15) is 9.59 Å². The second-order valence-corrected chi connectivity index (χ2v) is 3.81. The van der Waals surface area contributed by atoms with E-state index in [2.05, 4.69) is 5.32 Å². The van der Waals surface area contributed by atoms with Crippen LogP contribution in [-0.4, -0.2) is 40.3 Å². The van der Waals surface area contributed by atoms with E-state index in [4.69, 9.17) is 15.9 Å². The number of nitrogens with one attached hydrogen (secondary N) is 1. The monoisotopic (exact) mass is 232 g/mol. The van der Waals surface area contributed by atoms with Crippen LogP contribution in [0.4, 0.5) is 0 Å². The van der Waals surface area contributed by atoms with Crippen molar-refractivity contribution in [1.29, 1.82) is 0 Å². The Bertz CT molecular complexity index is 243. The number of hydrogen-bond acceptors (Lipinski definition) is 4. The molecule has 3 atom stereocenters. The standard InChI is InChI=1S/C10H20N2O4/c1-3-4-5-7(11)9(14)12-8(6(2)13)10(15)16/h6-8,13H,3-5,11H2,1-2H3,(H,12,14)(H,15,16)/t6?,7-,8?/m0/s1. The third-order valence-corrected chi connectivity index (χ3v) is 2.25. The molecular weight excluding hydrogens is 212 g/mol. The molecule has 0 spiro atoms. The molecule has 2 unspecified atom stereocenters. The molecule has 0 bridgehead atoms. The molecule has 0 heterocycles. The van der Waals surface area contributed by atoms with Gasteiger partial charge in [-0.3, -0.25) is 4.79 Å². The minimum absolute atomic E-state index is 0.508. The Labute approximate surface area is 94.8 Å². The van der Waals surface area contributed by atoms with Gasteiger partial charge in [-0.2, -0.15) is 0 Å². The molecule has 0 aliphatic heterocycles. The molecule has 6 nitrogen and oxygen atoms in total. The largest absolute Gasteiger partial charge is 0.480 e. The van der Waals surface area contributed by atoms with Gasteiger partial charge in [-0.15, -0.1) is 0 Å². The quantitative estimate of drug-likeness (QED) is 0.470. The van der Waals surface area contributed by atoms with Crippen LogP contribution in [0.2, 0.25) is 0 Å². The summed E-state index contributed by atoms with van der Waals surface area (Å²) < 4.78 is 0. The third kappa shape index (κ3) is 5.09. The topological polar surface area (TPSA) is 113 Å². The molecular formula is C10H20N2O4. The SMILES string of the molecule is CCCC[C@H](N)C(=O)NC(C(=O)O)C(C)O. The molecule has 0 saturated carbocycles. The highest BCUT2D eigenvalue weighted by molar-refractivity contribution is 5.87. The number of carbonyl (C=O) groups is 2. The average Bonchev–Trinajstić information content (AvgIpc) is 2.20. The average molecular weight is 232 g/mol. The molecule has 0 fully saturated rings. The van der Waals surface area contributed by atoms with Gasteiger partial charge in [0.25, 0.3) is 0 Å². The number of nitrogens with two attached hydrogens (primary N) is 1. The molecule has 94 valence electrons. The Morgan fingerprint density at radius 1 is 1.44 bits per heavy atom. The third-order valence-electron chi connectivity index (χ3n) is 2.25. The van der Waals surface area contributed by atoms with Gasteiger partial charge in [0.2, 0.25) is 5.91 Å². The van der Waals surface area contributed by atoms with Gasteiger partial charge < -0.3 is 21.3 Å². The van der Waals surface area contributed by atoms with E-state index < -0.39 is 30.1 Å². The first-order valence-electron chi connectivity index (χ1n) is 5.37. The molecule has 0 aromatic heterocycles. The summed E-state index contributed by atoms with van der Waals surface area (Å²) in [6, 6.07) is -2.03. The molecule has 0 rings (SSSR count). The van der Waals surface area contributed by atoms with Gasteiger partial charge >= 0.3 is 5.97 Å². The Balaban J connectivity index is 4.24. The van der Waals surface area contributed by atoms with E-state index in [0.717, 1.165) is 12.8 Å². The first-order valence-corrected chi connectivity index (χ1v) is 5.37. The van der Waals surface area contributed by atoms with Crippen molar-refractivity contribution in [2.45, 2.75) is 51.3 Å². The lowest BCUT2D eigenvalue weighted by Gasteiger charge is -2.19. The fraction of sp³-hybridized carbons (Fsp3) is 0.800. The van der Waals surface area contributed by atoms with Crippen molar-refractivity contribution in [2.75, 3.05) is 0 Å². The number of unbranched alkanes of at least 4 members (excludes halogenated alkanes) is 1. The summed E-state index contributed by atoms with van der Waals surface area (Å²) in [5.41, 5.74) is 5.57. The van der Waals surface area contributed by atoms with Crippen molar-refractivity contribution in [3.63, 3.8) is 0 Å². The van der Waals surface area contributed by atoms with E-state index in [1.165, 1.54) is 6.92 Å². The summed E-state index contributed by atoms with van der Waals surface area (Å²) in [5, 5.41) is 20.1. The summed E-state index contributed by atoms with van der Waals surface area (Å²) in [7, 11) is 0. The van der Waals surface area contributed by atoms with Gasteiger partial charge in [-0.05, 0) is 13.3 Å². The zero-order valence-electron chi connectivity index (χ0n) is 9.64. The highest BCUT2D eigenvalue weighted by atomic mass is 16.4. The highest BCUT2D eigenvalue weighted by Crippen LogP contribution is 2.00. The molecule has 6 heteroatoms. The van der Waals surface area contributed by atoms with Gasteiger partial charge in [0.1, 0.15) is 0 Å². The molecule has 0 aliphatic carbocycles. The van der Waals surface area contributed by atoms with Crippen molar-refractivity contribution in [1.82, 2.24) is 5.32 Å². The minimum Gasteiger partial charge on any atom is -0.480 e. The maximum absolute atomic E-state index is 11.5.